The molecular weight excluding hydrogens is 444 g/mol. The van der Waals surface area contributed by atoms with E-state index in [1.165, 1.54) is 11.8 Å². The minimum absolute atomic E-state index is 0.0115. The second-order valence-corrected chi connectivity index (χ2v) is 11.3. The van der Waals surface area contributed by atoms with E-state index in [1.807, 2.05) is 34.0 Å². The molecule has 2 heterocycles. The van der Waals surface area contributed by atoms with Gasteiger partial charge in [-0.05, 0) is 46.3 Å². The van der Waals surface area contributed by atoms with Crippen LogP contribution < -0.4 is 0 Å². The minimum Gasteiger partial charge on any atom is -0.458 e. The van der Waals surface area contributed by atoms with Gasteiger partial charge >= 0.3 is 11.9 Å². The van der Waals surface area contributed by atoms with Crippen LogP contribution in [-0.4, -0.2) is 59.4 Å². The van der Waals surface area contributed by atoms with E-state index >= 15 is 0 Å². The third kappa shape index (κ3) is 5.31. The van der Waals surface area contributed by atoms with Crippen molar-refractivity contribution in [3.05, 3.63) is 0 Å². The van der Waals surface area contributed by atoms with Crippen LogP contribution in [-0.2, 0) is 33.4 Å². The van der Waals surface area contributed by atoms with E-state index in [4.69, 9.17) is 14.2 Å². The van der Waals surface area contributed by atoms with Crippen LogP contribution in [0.1, 0.15) is 67.7 Å². The molecule has 2 fully saturated rings. The summed E-state index contributed by atoms with van der Waals surface area (Å²) in [6.45, 7) is 12.5. The molecule has 0 aromatic heterocycles. The van der Waals surface area contributed by atoms with Gasteiger partial charge in [0.15, 0.2) is 5.60 Å². The van der Waals surface area contributed by atoms with Gasteiger partial charge in [0.25, 0.3) is 0 Å². The van der Waals surface area contributed by atoms with Crippen LogP contribution in [0.4, 0.5) is 0 Å². The molecule has 2 saturated heterocycles. The molecule has 188 valence electrons. The molecule has 8 heteroatoms. The Labute approximate surface area is 202 Å². The third-order valence-electron chi connectivity index (χ3n) is 7.77. The standard InChI is InChI=1S/C25H40O7S/c1-10-17-25(7)18(21(33-9)23(29)32-25)15(4)19(26)13(2)11-24(6,30-8)12-14(3)20(27)16(5)22(28)31-17/h13-18,21H,10-12H2,1-9H3. The van der Waals surface area contributed by atoms with Crippen LogP contribution in [0.25, 0.3) is 0 Å². The lowest BCUT2D eigenvalue weighted by molar-refractivity contribution is -0.183. The highest BCUT2D eigenvalue weighted by molar-refractivity contribution is 7.99. The van der Waals surface area contributed by atoms with Crippen LogP contribution in [0, 0.1) is 29.6 Å². The van der Waals surface area contributed by atoms with Crippen LogP contribution in [0.2, 0.25) is 0 Å². The van der Waals surface area contributed by atoms with Gasteiger partial charge in [0.2, 0.25) is 0 Å². The number of hydrogen-bond donors (Lipinski definition) is 0. The maximum Gasteiger partial charge on any atom is 0.320 e. The molecule has 0 aromatic rings. The molecule has 9 unspecified atom stereocenters. The van der Waals surface area contributed by atoms with Crippen molar-refractivity contribution in [2.24, 2.45) is 29.6 Å². The topological polar surface area (TPSA) is 96.0 Å². The van der Waals surface area contributed by atoms with Crippen LogP contribution in [0.15, 0.2) is 0 Å². The molecule has 0 N–H and O–H groups in total. The van der Waals surface area contributed by atoms with Gasteiger partial charge in [-0.1, -0.05) is 27.7 Å². The molecule has 0 bridgehead atoms. The SMILES string of the molecule is CCC1OC(=O)C(C)C(=O)C(C)CC(C)(OC)CC(C)C(=O)C(C)C2C(SC)C(=O)OC12C. The maximum atomic E-state index is 13.6. The number of hydrogen-bond acceptors (Lipinski definition) is 8. The zero-order chi connectivity index (χ0) is 25.3. The molecule has 0 aliphatic carbocycles. The number of esters is 2. The number of carbonyl (C=O) groups is 4. The number of rotatable bonds is 3. The molecular formula is C25H40O7S. The van der Waals surface area contributed by atoms with E-state index in [0.717, 1.165) is 0 Å². The largest absolute Gasteiger partial charge is 0.458 e. The Kier molecular flexibility index (Phi) is 8.83. The van der Waals surface area contributed by atoms with E-state index < -0.39 is 58.2 Å². The van der Waals surface area contributed by atoms with Crippen LogP contribution in [0.3, 0.4) is 0 Å². The Balaban J connectivity index is 2.60. The van der Waals surface area contributed by atoms with Crippen molar-refractivity contribution in [1.82, 2.24) is 0 Å². The predicted octanol–water partition coefficient (Wildman–Crippen LogP) is 3.85. The van der Waals surface area contributed by atoms with Crippen molar-refractivity contribution in [2.45, 2.75) is 90.3 Å². The Morgan fingerprint density at radius 2 is 1.52 bits per heavy atom. The number of ether oxygens (including phenoxy) is 3. The molecule has 7 nitrogen and oxygen atoms in total. The quantitative estimate of drug-likeness (QED) is 0.440. The molecule has 0 amide bonds. The number of fused-ring (bicyclic) bond motifs is 1. The highest BCUT2D eigenvalue weighted by atomic mass is 32.2. The average molecular weight is 485 g/mol. The summed E-state index contributed by atoms with van der Waals surface area (Å²) in [5, 5.41) is -0.547. The summed E-state index contributed by atoms with van der Waals surface area (Å²) >= 11 is 1.35. The highest BCUT2D eigenvalue weighted by Crippen LogP contribution is 2.48. The molecule has 2 rings (SSSR count). The van der Waals surface area contributed by atoms with Gasteiger partial charge in [-0.2, -0.15) is 0 Å². The molecule has 0 saturated carbocycles. The van der Waals surface area contributed by atoms with Gasteiger partial charge in [-0.3, -0.25) is 19.2 Å². The van der Waals surface area contributed by atoms with Crippen molar-refractivity contribution in [3.63, 3.8) is 0 Å². The van der Waals surface area contributed by atoms with Crippen LogP contribution in [0.5, 0.6) is 0 Å². The van der Waals surface area contributed by atoms with Crippen molar-refractivity contribution < 1.29 is 33.4 Å². The van der Waals surface area contributed by atoms with Gasteiger partial charge < -0.3 is 14.2 Å². The Morgan fingerprint density at radius 1 is 0.970 bits per heavy atom. The average Bonchev–Trinajstić information content (AvgIpc) is 3.04. The van der Waals surface area contributed by atoms with Gasteiger partial charge in [-0.25, -0.2) is 0 Å². The molecule has 2 aliphatic heterocycles. The van der Waals surface area contributed by atoms with Crippen molar-refractivity contribution in [2.75, 3.05) is 13.4 Å². The fourth-order valence-corrected chi connectivity index (χ4v) is 6.87. The maximum absolute atomic E-state index is 13.6. The van der Waals surface area contributed by atoms with Crippen molar-refractivity contribution in [3.8, 4) is 0 Å². The van der Waals surface area contributed by atoms with Gasteiger partial charge in [-0.15, -0.1) is 11.8 Å². The Hall–Kier alpha value is -1.41. The third-order valence-corrected chi connectivity index (χ3v) is 8.76. The smallest absolute Gasteiger partial charge is 0.320 e. The summed E-state index contributed by atoms with van der Waals surface area (Å²) < 4.78 is 17.5. The minimum atomic E-state index is -1.17. The second kappa shape index (κ2) is 10.5. The van der Waals surface area contributed by atoms with Crippen molar-refractivity contribution >= 4 is 35.3 Å². The van der Waals surface area contributed by atoms with E-state index in [0.29, 0.717) is 19.3 Å². The number of methoxy groups -OCH3 is 1. The predicted molar refractivity (Wildman–Crippen MR) is 127 cm³/mol. The van der Waals surface area contributed by atoms with Gasteiger partial charge in [0, 0.05) is 30.8 Å². The van der Waals surface area contributed by atoms with E-state index in [2.05, 4.69) is 0 Å². The molecule has 2 aliphatic rings. The lowest BCUT2D eigenvalue weighted by Gasteiger charge is -2.41. The molecule has 9 atom stereocenters. The van der Waals surface area contributed by atoms with E-state index in [1.54, 1.807) is 27.9 Å². The summed E-state index contributed by atoms with van der Waals surface area (Å²) in [6, 6.07) is 0. The number of Topliss-reactive ketones (excluding diaryl/α,β-unsaturated/α-hetero) is 2. The molecule has 0 aromatic carbocycles. The number of cyclic esters (lactones) is 1. The van der Waals surface area contributed by atoms with Crippen molar-refractivity contribution in [1.29, 1.82) is 0 Å². The molecule has 33 heavy (non-hydrogen) atoms. The van der Waals surface area contributed by atoms with Gasteiger partial charge in [0.1, 0.15) is 28.8 Å². The zero-order valence-corrected chi connectivity index (χ0v) is 22.2. The first-order valence-corrected chi connectivity index (χ1v) is 13.1. The Bertz CT molecular complexity index is 783. The normalized spacial score (nSPS) is 43.5. The van der Waals surface area contributed by atoms with E-state index in [-0.39, 0.29) is 17.5 Å². The molecule has 0 radical (unpaired) electrons. The Morgan fingerprint density at radius 3 is 2.00 bits per heavy atom. The summed E-state index contributed by atoms with van der Waals surface area (Å²) in [6.07, 6.45) is 2.27. The number of carbonyl (C=O) groups excluding carboxylic acids is 4. The number of thioether (sulfide) groups is 1. The summed E-state index contributed by atoms with van der Waals surface area (Å²) in [5.41, 5.74) is -1.89. The van der Waals surface area contributed by atoms with Crippen LogP contribution >= 0.6 is 11.8 Å². The lowest BCUT2D eigenvalue weighted by Crippen LogP contribution is -2.52. The van der Waals surface area contributed by atoms with E-state index in [9.17, 15) is 19.2 Å². The summed E-state index contributed by atoms with van der Waals surface area (Å²) in [5.74, 6) is -3.98. The highest BCUT2D eigenvalue weighted by Gasteiger charge is 2.60. The first-order chi connectivity index (χ1) is 15.3. The first-order valence-electron chi connectivity index (χ1n) is 11.8. The fourth-order valence-electron chi connectivity index (χ4n) is 5.84. The summed E-state index contributed by atoms with van der Waals surface area (Å²) in [7, 11) is 1.58. The number of ketones is 2. The summed E-state index contributed by atoms with van der Waals surface area (Å²) in [4.78, 5) is 52.5. The zero-order valence-electron chi connectivity index (χ0n) is 21.4. The first kappa shape index (κ1) is 27.8. The molecule has 0 spiro atoms. The monoisotopic (exact) mass is 484 g/mol. The van der Waals surface area contributed by atoms with Gasteiger partial charge in [0.05, 0.1) is 5.60 Å². The second-order valence-electron chi connectivity index (χ2n) is 10.3. The lowest BCUT2D eigenvalue weighted by atomic mass is 9.70. The fraction of sp³-hybridized carbons (Fsp3) is 0.840.